The fourth-order valence-corrected chi connectivity index (χ4v) is 7.44. The molecule has 0 unspecified atom stereocenters. The molecule has 1 aromatic rings. The van der Waals surface area contributed by atoms with Crippen LogP contribution >= 0.6 is 0 Å². The predicted molar refractivity (Wildman–Crippen MR) is 93.2 cm³/mol. The molecule has 0 radical (unpaired) electrons. The summed E-state index contributed by atoms with van der Waals surface area (Å²) in [6.07, 6.45) is 6.16. The Morgan fingerprint density at radius 1 is 0.960 bits per heavy atom. The van der Waals surface area contributed by atoms with Crippen LogP contribution in [0.15, 0.2) is 18.2 Å². The van der Waals surface area contributed by atoms with Crippen molar-refractivity contribution in [1.82, 2.24) is 4.90 Å². The maximum atomic E-state index is 13.4. The Bertz CT molecular complexity index is 735. The van der Waals surface area contributed by atoms with Gasteiger partial charge in [-0.1, -0.05) is 6.07 Å². The molecule has 6 heteroatoms. The first-order chi connectivity index (χ1) is 11.9. The number of hydrogen-bond donors (Lipinski definition) is 0. The Morgan fingerprint density at radius 2 is 1.60 bits per heavy atom. The zero-order valence-electron chi connectivity index (χ0n) is 14.4. The van der Waals surface area contributed by atoms with Gasteiger partial charge in [0.25, 0.3) is 0 Å². The standard InChI is InChI=1S/C19H25F2NO2S/c20-17-6-3-15(11-18(17)21)14-1-4-16(5-2-14)22-9-7-19(8-10-22)12-25(23,24)13-19/h3,6,11,14,16H,1-2,4-5,7-10,12-13H2/t14-,16-. The fourth-order valence-electron chi connectivity index (χ4n) is 5.08. The number of halogens is 2. The zero-order valence-corrected chi connectivity index (χ0v) is 15.2. The molecule has 4 rings (SSSR count). The average Bonchev–Trinajstić information content (AvgIpc) is 2.57. The third-order valence-corrected chi connectivity index (χ3v) is 8.64. The Balaban J connectivity index is 1.30. The molecule has 0 N–H and O–H groups in total. The molecule has 3 nitrogen and oxygen atoms in total. The monoisotopic (exact) mass is 369 g/mol. The molecule has 3 aliphatic rings. The Labute approximate surface area is 148 Å². The van der Waals surface area contributed by atoms with Gasteiger partial charge in [0.05, 0.1) is 11.5 Å². The van der Waals surface area contributed by atoms with Gasteiger partial charge in [0.1, 0.15) is 0 Å². The number of piperidine rings is 1. The normalized spacial score (nSPS) is 31.6. The summed E-state index contributed by atoms with van der Waals surface area (Å²) in [6, 6.07) is 4.84. The van der Waals surface area contributed by atoms with Crippen molar-refractivity contribution in [2.45, 2.75) is 50.5 Å². The summed E-state index contributed by atoms with van der Waals surface area (Å²) >= 11 is 0. The third-order valence-electron chi connectivity index (χ3n) is 6.54. The van der Waals surface area contributed by atoms with Gasteiger partial charge in [0, 0.05) is 11.5 Å². The fraction of sp³-hybridized carbons (Fsp3) is 0.684. The predicted octanol–water partition coefficient (Wildman–Crippen LogP) is 3.50. The van der Waals surface area contributed by atoms with Gasteiger partial charge in [0.15, 0.2) is 21.5 Å². The highest BCUT2D eigenvalue weighted by atomic mass is 32.2. The van der Waals surface area contributed by atoms with Crippen LogP contribution in [0, 0.1) is 17.0 Å². The van der Waals surface area contributed by atoms with Gasteiger partial charge in [0.2, 0.25) is 0 Å². The Morgan fingerprint density at radius 3 is 2.16 bits per heavy atom. The van der Waals surface area contributed by atoms with E-state index in [-0.39, 0.29) is 5.41 Å². The van der Waals surface area contributed by atoms with Crippen LogP contribution < -0.4 is 0 Å². The summed E-state index contributed by atoms with van der Waals surface area (Å²) in [5.41, 5.74) is 0.979. The molecular formula is C19H25F2NO2S. The van der Waals surface area contributed by atoms with E-state index in [0.29, 0.717) is 23.5 Å². The maximum Gasteiger partial charge on any atom is 0.159 e. The molecule has 0 amide bonds. The molecule has 0 bridgehead atoms. The molecule has 0 aromatic heterocycles. The van der Waals surface area contributed by atoms with Gasteiger partial charge in [-0.25, -0.2) is 17.2 Å². The average molecular weight is 369 g/mol. The van der Waals surface area contributed by atoms with Gasteiger partial charge in [-0.2, -0.15) is 0 Å². The van der Waals surface area contributed by atoms with E-state index in [4.69, 9.17) is 0 Å². The first kappa shape index (κ1) is 17.4. The number of hydrogen-bond acceptors (Lipinski definition) is 3. The van der Waals surface area contributed by atoms with E-state index >= 15 is 0 Å². The molecule has 1 spiro atoms. The minimum absolute atomic E-state index is 0.0676. The van der Waals surface area contributed by atoms with E-state index in [2.05, 4.69) is 4.90 Å². The summed E-state index contributed by atoms with van der Waals surface area (Å²) in [7, 11) is -2.75. The van der Waals surface area contributed by atoms with Crippen LogP contribution in [0.1, 0.15) is 50.0 Å². The highest BCUT2D eigenvalue weighted by molar-refractivity contribution is 7.92. The minimum atomic E-state index is -2.75. The SMILES string of the molecule is O=S1(=O)CC2(CCN([C@H]3CC[C@H](c4ccc(F)c(F)c4)CC3)CC2)C1. The second kappa shape index (κ2) is 6.31. The molecule has 138 valence electrons. The van der Waals surface area contributed by atoms with Gasteiger partial charge >= 0.3 is 0 Å². The molecule has 0 atom stereocenters. The number of sulfone groups is 1. The van der Waals surface area contributed by atoms with Gasteiger partial charge < -0.3 is 4.90 Å². The topological polar surface area (TPSA) is 37.4 Å². The number of benzene rings is 1. The lowest BCUT2D eigenvalue weighted by molar-refractivity contribution is 0.0696. The lowest BCUT2D eigenvalue weighted by Crippen LogP contribution is -2.56. The first-order valence-corrected chi connectivity index (χ1v) is 11.1. The maximum absolute atomic E-state index is 13.4. The van der Waals surface area contributed by atoms with E-state index in [1.807, 2.05) is 0 Å². The zero-order chi connectivity index (χ0) is 17.7. The third kappa shape index (κ3) is 3.47. The van der Waals surface area contributed by atoms with E-state index in [0.717, 1.165) is 57.2 Å². The molecule has 2 saturated heterocycles. The van der Waals surface area contributed by atoms with Crippen LogP contribution in [0.25, 0.3) is 0 Å². The molecule has 2 heterocycles. The van der Waals surface area contributed by atoms with Gasteiger partial charge in [-0.3, -0.25) is 0 Å². The first-order valence-electron chi connectivity index (χ1n) is 9.25. The van der Waals surface area contributed by atoms with Crippen LogP contribution in [-0.2, 0) is 9.84 Å². The highest BCUT2D eigenvalue weighted by Gasteiger charge is 2.50. The summed E-state index contributed by atoms with van der Waals surface area (Å²) < 4.78 is 49.5. The molecule has 1 aliphatic carbocycles. The van der Waals surface area contributed by atoms with Crippen LogP contribution in [-0.4, -0.2) is 44.0 Å². The molecule has 1 saturated carbocycles. The summed E-state index contributed by atoms with van der Waals surface area (Å²) in [6.45, 7) is 1.99. The van der Waals surface area contributed by atoms with Crippen LogP contribution in [0.5, 0.6) is 0 Å². The Hall–Kier alpha value is -1.01. The molecule has 3 fully saturated rings. The molecule has 1 aromatic carbocycles. The van der Waals surface area contributed by atoms with E-state index < -0.39 is 21.5 Å². The van der Waals surface area contributed by atoms with Gasteiger partial charge in [-0.05, 0) is 75.2 Å². The smallest absolute Gasteiger partial charge is 0.159 e. The molecule has 25 heavy (non-hydrogen) atoms. The summed E-state index contributed by atoms with van der Waals surface area (Å²) in [5.74, 6) is -0.443. The molecule has 2 aliphatic heterocycles. The van der Waals surface area contributed by atoms with Crippen molar-refractivity contribution in [2.75, 3.05) is 24.6 Å². The van der Waals surface area contributed by atoms with Crippen molar-refractivity contribution in [1.29, 1.82) is 0 Å². The van der Waals surface area contributed by atoms with Crippen molar-refractivity contribution in [2.24, 2.45) is 5.41 Å². The molecular weight excluding hydrogens is 344 g/mol. The lowest BCUT2D eigenvalue weighted by Gasteiger charge is -2.49. The van der Waals surface area contributed by atoms with Gasteiger partial charge in [-0.15, -0.1) is 0 Å². The van der Waals surface area contributed by atoms with E-state index in [9.17, 15) is 17.2 Å². The second-order valence-electron chi connectivity index (χ2n) is 8.25. The van der Waals surface area contributed by atoms with Crippen molar-refractivity contribution in [3.05, 3.63) is 35.4 Å². The lowest BCUT2D eigenvalue weighted by atomic mass is 9.78. The van der Waals surface area contributed by atoms with Crippen LogP contribution in [0.2, 0.25) is 0 Å². The quantitative estimate of drug-likeness (QED) is 0.801. The van der Waals surface area contributed by atoms with Crippen molar-refractivity contribution in [3.8, 4) is 0 Å². The summed E-state index contributed by atoms with van der Waals surface area (Å²) in [4.78, 5) is 2.53. The summed E-state index contributed by atoms with van der Waals surface area (Å²) in [5, 5.41) is 0. The number of rotatable bonds is 2. The van der Waals surface area contributed by atoms with Crippen LogP contribution in [0.3, 0.4) is 0 Å². The number of likely N-dealkylation sites (tertiary alicyclic amines) is 1. The largest absolute Gasteiger partial charge is 0.300 e. The van der Waals surface area contributed by atoms with Crippen molar-refractivity contribution >= 4 is 9.84 Å². The highest BCUT2D eigenvalue weighted by Crippen LogP contribution is 2.44. The van der Waals surface area contributed by atoms with Crippen molar-refractivity contribution < 1.29 is 17.2 Å². The Kier molecular flexibility index (Phi) is 4.39. The van der Waals surface area contributed by atoms with Crippen LogP contribution in [0.4, 0.5) is 8.78 Å². The minimum Gasteiger partial charge on any atom is -0.300 e. The van der Waals surface area contributed by atoms with E-state index in [1.165, 1.54) is 12.1 Å². The number of nitrogens with zero attached hydrogens (tertiary/aromatic N) is 1. The second-order valence-corrected chi connectivity index (χ2v) is 10.3. The van der Waals surface area contributed by atoms with E-state index in [1.54, 1.807) is 6.07 Å². The van der Waals surface area contributed by atoms with Crippen molar-refractivity contribution in [3.63, 3.8) is 0 Å².